The van der Waals surface area contributed by atoms with Gasteiger partial charge < -0.3 is 19.5 Å². The van der Waals surface area contributed by atoms with E-state index in [1.807, 2.05) is 30.3 Å². The molecule has 0 saturated carbocycles. The molecule has 0 aromatic heterocycles. The Balaban J connectivity index is 1.56. The molecule has 1 saturated heterocycles. The molecule has 2 aromatic carbocycles. The van der Waals surface area contributed by atoms with Crippen molar-refractivity contribution in [2.45, 2.75) is 38.0 Å². The summed E-state index contributed by atoms with van der Waals surface area (Å²) in [7, 11) is 1.56. The molecule has 6 nitrogen and oxygen atoms in total. The molecule has 0 amide bonds. The third kappa shape index (κ3) is 3.10. The molecule has 158 valence electrons. The highest BCUT2D eigenvalue weighted by atomic mass is 35.5. The quantitative estimate of drug-likeness (QED) is 0.786. The Bertz CT molecular complexity index is 1000. The van der Waals surface area contributed by atoms with E-state index in [1.165, 1.54) is 0 Å². The summed E-state index contributed by atoms with van der Waals surface area (Å²) in [5.74, 6) is 1.48. The maximum atomic E-state index is 9.98. The standard InChI is InChI=1S/C23H26ClN3O3/c1-3-26-10-8-23(9-11-26)27-19(17-13-16(24)5-7-21(17)30-23)14-18(25-27)15-4-6-20(28)22(12-15)29-2/h4-7,12-13,19,28H,3,8-11,14H2,1-2H3/t19-/m1/s1. The summed E-state index contributed by atoms with van der Waals surface area (Å²) in [5, 5.41) is 17.9. The fourth-order valence-electron chi connectivity index (χ4n) is 4.83. The number of hydrazone groups is 1. The second-order valence-corrected chi connectivity index (χ2v) is 8.60. The number of hydrogen-bond donors (Lipinski definition) is 1. The lowest BCUT2D eigenvalue weighted by Gasteiger charge is -2.51. The van der Waals surface area contributed by atoms with Gasteiger partial charge in [-0.3, -0.25) is 0 Å². The van der Waals surface area contributed by atoms with E-state index in [-0.39, 0.29) is 11.8 Å². The number of hydrogen-bond acceptors (Lipinski definition) is 6. The maximum absolute atomic E-state index is 9.98. The van der Waals surface area contributed by atoms with E-state index < -0.39 is 5.72 Å². The monoisotopic (exact) mass is 427 g/mol. The van der Waals surface area contributed by atoms with Gasteiger partial charge in [-0.05, 0) is 42.9 Å². The molecule has 1 atom stereocenters. The summed E-state index contributed by atoms with van der Waals surface area (Å²) < 4.78 is 11.9. The van der Waals surface area contributed by atoms with E-state index in [4.69, 9.17) is 26.2 Å². The Morgan fingerprint density at radius 3 is 2.77 bits per heavy atom. The molecule has 1 N–H and O–H groups in total. The Morgan fingerprint density at radius 1 is 1.23 bits per heavy atom. The SMILES string of the molecule is CCN1CCC2(CC1)Oc1ccc(Cl)cc1[C@H]1CC(c3ccc(O)c(OC)c3)=NN12. The minimum Gasteiger partial charge on any atom is -0.504 e. The number of piperidine rings is 1. The fraction of sp³-hybridized carbons (Fsp3) is 0.435. The van der Waals surface area contributed by atoms with Gasteiger partial charge >= 0.3 is 0 Å². The normalized spacial score (nSPS) is 22.3. The second kappa shape index (κ2) is 7.36. The van der Waals surface area contributed by atoms with Crippen LogP contribution in [0.15, 0.2) is 41.5 Å². The lowest BCUT2D eigenvalue weighted by Crippen LogP contribution is -2.59. The van der Waals surface area contributed by atoms with Crippen LogP contribution in [0.25, 0.3) is 0 Å². The number of phenols is 1. The van der Waals surface area contributed by atoms with E-state index >= 15 is 0 Å². The molecular formula is C23H26ClN3O3. The van der Waals surface area contributed by atoms with E-state index in [1.54, 1.807) is 13.2 Å². The number of benzene rings is 2. The van der Waals surface area contributed by atoms with Crippen molar-refractivity contribution < 1.29 is 14.6 Å². The average molecular weight is 428 g/mol. The minimum absolute atomic E-state index is 0.0791. The number of nitrogens with zero attached hydrogens (tertiary/aromatic N) is 3. The van der Waals surface area contributed by atoms with Crippen LogP contribution in [0.3, 0.4) is 0 Å². The zero-order chi connectivity index (χ0) is 20.9. The van der Waals surface area contributed by atoms with E-state index in [9.17, 15) is 5.11 Å². The van der Waals surface area contributed by atoms with Gasteiger partial charge in [0.1, 0.15) is 5.75 Å². The molecule has 3 aliphatic rings. The highest BCUT2D eigenvalue weighted by molar-refractivity contribution is 6.30. The van der Waals surface area contributed by atoms with Gasteiger partial charge in [0.15, 0.2) is 11.5 Å². The summed E-state index contributed by atoms with van der Waals surface area (Å²) in [5.41, 5.74) is 2.55. The van der Waals surface area contributed by atoms with Crippen LogP contribution in [0.2, 0.25) is 5.02 Å². The number of aromatic hydroxyl groups is 1. The summed E-state index contributed by atoms with van der Waals surface area (Å²) in [6, 6.07) is 11.4. The molecule has 0 unspecified atom stereocenters. The zero-order valence-corrected chi connectivity index (χ0v) is 18.0. The third-order valence-electron chi connectivity index (χ3n) is 6.56. The highest BCUT2D eigenvalue weighted by Gasteiger charge is 2.51. The minimum atomic E-state index is -0.445. The van der Waals surface area contributed by atoms with E-state index in [0.29, 0.717) is 10.8 Å². The Hall–Kier alpha value is -2.44. The van der Waals surface area contributed by atoms with Crippen molar-refractivity contribution >= 4 is 17.3 Å². The third-order valence-corrected chi connectivity index (χ3v) is 6.79. The van der Waals surface area contributed by atoms with Gasteiger partial charge in [0.25, 0.3) is 0 Å². The molecule has 30 heavy (non-hydrogen) atoms. The van der Waals surface area contributed by atoms with Crippen molar-refractivity contribution in [3.8, 4) is 17.2 Å². The smallest absolute Gasteiger partial charge is 0.200 e. The van der Waals surface area contributed by atoms with Crippen molar-refractivity contribution in [2.24, 2.45) is 5.10 Å². The van der Waals surface area contributed by atoms with Crippen LogP contribution in [-0.2, 0) is 0 Å². The van der Waals surface area contributed by atoms with Crippen LogP contribution < -0.4 is 9.47 Å². The molecule has 5 rings (SSSR count). The van der Waals surface area contributed by atoms with Gasteiger partial charge in [0.2, 0.25) is 5.72 Å². The van der Waals surface area contributed by atoms with Crippen molar-refractivity contribution in [1.82, 2.24) is 9.91 Å². The molecule has 3 heterocycles. The van der Waals surface area contributed by atoms with Gasteiger partial charge in [-0.1, -0.05) is 18.5 Å². The molecule has 0 radical (unpaired) electrons. The average Bonchev–Trinajstić information content (AvgIpc) is 3.22. The first-order valence-electron chi connectivity index (χ1n) is 10.5. The summed E-state index contributed by atoms with van der Waals surface area (Å²) in [6.07, 6.45) is 2.55. The number of halogens is 1. The second-order valence-electron chi connectivity index (χ2n) is 8.16. The summed E-state index contributed by atoms with van der Waals surface area (Å²) >= 11 is 6.33. The number of phenolic OH excluding ortho intramolecular Hbond substituents is 1. The van der Waals surface area contributed by atoms with Gasteiger partial charge in [-0.25, -0.2) is 5.01 Å². The predicted molar refractivity (Wildman–Crippen MR) is 117 cm³/mol. The fourth-order valence-corrected chi connectivity index (χ4v) is 5.01. The van der Waals surface area contributed by atoms with Gasteiger partial charge in [-0.15, -0.1) is 0 Å². The zero-order valence-electron chi connectivity index (χ0n) is 17.3. The Labute approximate surface area is 181 Å². The number of likely N-dealkylation sites (tertiary alicyclic amines) is 1. The Kier molecular flexibility index (Phi) is 4.79. The molecule has 1 fully saturated rings. The maximum Gasteiger partial charge on any atom is 0.200 e. The molecule has 0 bridgehead atoms. The number of fused-ring (bicyclic) bond motifs is 4. The highest BCUT2D eigenvalue weighted by Crippen LogP contribution is 2.50. The lowest BCUT2D eigenvalue weighted by molar-refractivity contribution is -0.149. The molecular weight excluding hydrogens is 402 g/mol. The molecule has 2 aromatic rings. The first-order chi connectivity index (χ1) is 14.5. The first kappa shape index (κ1) is 19.5. The largest absolute Gasteiger partial charge is 0.504 e. The van der Waals surface area contributed by atoms with Gasteiger partial charge in [0, 0.05) is 48.5 Å². The summed E-state index contributed by atoms with van der Waals surface area (Å²) in [4.78, 5) is 2.45. The molecule has 0 aliphatic carbocycles. The first-order valence-corrected chi connectivity index (χ1v) is 10.9. The van der Waals surface area contributed by atoms with Crippen LogP contribution >= 0.6 is 11.6 Å². The Morgan fingerprint density at radius 2 is 2.03 bits per heavy atom. The number of rotatable bonds is 3. The van der Waals surface area contributed by atoms with Crippen molar-refractivity contribution in [3.05, 3.63) is 52.5 Å². The van der Waals surface area contributed by atoms with Crippen LogP contribution in [0.4, 0.5) is 0 Å². The summed E-state index contributed by atoms with van der Waals surface area (Å²) in [6.45, 7) is 5.22. The van der Waals surface area contributed by atoms with Gasteiger partial charge in [-0.2, -0.15) is 5.10 Å². The molecule has 7 heteroatoms. The van der Waals surface area contributed by atoms with Gasteiger partial charge in [0.05, 0.1) is 18.9 Å². The van der Waals surface area contributed by atoms with Crippen LogP contribution in [0.1, 0.15) is 43.4 Å². The topological polar surface area (TPSA) is 57.5 Å². The van der Waals surface area contributed by atoms with Crippen molar-refractivity contribution in [2.75, 3.05) is 26.7 Å². The predicted octanol–water partition coefficient (Wildman–Crippen LogP) is 4.41. The van der Waals surface area contributed by atoms with Crippen molar-refractivity contribution in [1.29, 1.82) is 0 Å². The van der Waals surface area contributed by atoms with Crippen LogP contribution in [0.5, 0.6) is 17.2 Å². The lowest BCUT2D eigenvalue weighted by atomic mass is 9.90. The van der Waals surface area contributed by atoms with Crippen molar-refractivity contribution in [3.63, 3.8) is 0 Å². The number of methoxy groups -OCH3 is 1. The van der Waals surface area contributed by atoms with E-state index in [2.05, 4.69) is 16.8 Å². The van der Waals surface area contributed by atoms with Crippen LogP contribution in [0, 0.1) is 0 Å². The van der Waals surface area contributed by atoms with E-state index in [0.717, 1.165) is 61.5 Å². The number of ether oxygens (including phenoxy) is 2. The van der Waals surface area contributed by atoms with Crippen LogP contribution in [-0.4, -0.2) is 53.2 Å². The molecule has 1 spiro atoms. The molecule has 3 aliphatic heterocycles.